The Balaban J connectivity index is 2.32. The van der Waals surface area contributed by atoms with Crippen LogP contribution in [0.3, 0.4) is 0 Å². The van der Waals surface area contributed by atoms with Gasteiger partial charge in [-0.3, -0.25) is 0 Å². The molecule has 96 valence electrons. The van der Waals surface area contributed by atoms with Crippen molar-refractivity contribution in [1.82, 2.24) is 10.1 Å². The lowest BCUT2D eigenvalue weighted by Gasteiger charge is -2.09. The van der Waals surface area contributed by atoms with Gasteiger partial charge in [-0.1, -0.05) is 30.6 Å². The van der Waals surface area contributed by atoms with Crippen LogP contribution in [-0.2, 0) is 0 Å². The lowest BCUT2D eigenvalue weighted by molar-refractivity contribution is 0.400. The molecule has 1 aromatic carbocycles. The first kappa shape index (κ1) is 13.0. The van der Waals surface area contributed by atoms with Gasteiger partial charge in [0.05, 0.1) is 11.1 Å². The molecule has 1 atom stereocenters. The highest BCUT2D eigenvalue weighted by Gasteiger charge is 2.18. The van der Waals surface area contributed by atoms with Gasteiger partial charge in [-0.15, -0.1) is 0 Å². The summed E-state index contributed by atoms with van der Waals surface area (Å²) in [5.41, 5.74) is 6.48. The zero-order chi connectivity index (χ0) is 13.3. The Morgan fingerprint density at radius 3 is 2.72 bits per heavy atom. The van der Waals surface area contributed by atoms with E-state index in [1.54, 1.807) is 0 Å². The summed E-state index contributed by atoms with van der Waals surface area (Å²) in [5, 5.41) is 3.83. The van der Waals surface area contributed by atoms with E-state index in [4.69, 9.17) is 21.9 Å². The van der Waals surface area contributed by atoms with Crippen LogP contribution in [-0.4, -0.2) is 10.1 Å². The van der Waals surface area contributed by atoms with Crippen LogP contribution in [0.25, 0.3) is 11.5 Å². The van der Waals surface area contributed by atoms with Gasteiger partial charge in [0.2, 0.25) is 0 Å². The molecule has 0 saturated carbocycles. The van der Waals surface area contributed by atoms with Crippen molar-refractivity contribution < 1.29 is 8.91 Å². The summed E-state index contributed by atoms with van der Waals surface area (Å²) in [6.07, 6.45) is 0. The summed E-state index contributed by atoms with van der Waals surface area (Å²) in [4.78, 5) is 4.19. The van der Waals surface area contributed by atoms with Gasteiger partial charge in [0.25, 0.3) is 5.89 Å². The fourth-order valence-corrected chi connectivity index (χ4v) is 1.60. The Bertz CT molecular complexity index is 556. The Kier molecular flexibility index (Phi) is 3.63. The molecule has 0 bridgehead atoms. The molecule has 0 aliphatic rings. The van der Waals surface area contributed by atoms with Crippen LogP contribution in [0.2, 0.25) is 5.02 Å². The monoisotopic (exact) mass is 269 g/mol. The molecule has 1 heterocycles. The normalized spacial score (nSPS) is 13.0. The first-order chi connectivity index (χ1) is 8.49. The van der Waals surface area contributed by atoms with Gasteiger partial charge in [-0.2, -0.15) is 4.98 Å². The maximum absolute atomic E-state index is 13.0. The molecule has 2 rings (SSSR count). The van der Waals surface area contributed by atoms with E-state index in [9.17, 15) is 4.39 Å². The van der Waals surface area contributed by atoms with E-state index in [0.717, 1.165) is 0 Å². The molecular weight excluding hydrogens is 257 g/mol. The molecule has 1 unspecified atom stereocenters. The van der Waals surface area contributed by atoms with E-state index in [-0.39, 0.29) is 22.9 Å². The number of nitrogens with zero attached hydrogens (tertiary/aromatic N) is 2. The van der Waals surface area contributed by atoms with E-state index in [1.807, 2.05) is 13.8 Å². The lowest BCUT2D eigenvalue weighted by Crippen LogP contribution is -2.18. The molecule has 0 amide bonds. The van der Waals surface area contributed by atoms with Crippen molar-refractivity contribution in [3.05, 3.63) is 34.9 Å². The van der Waals surface area contributed by atoms with E-state index in [2.05, 4.69) is 10.1 Å². The van der Waals surface area contributed by atoms with Crippen molar-refractivity contribution in [1.29, 1.82) is 0 Å². The minimum Gasteiger partial charge on any atom is -0.334 e. The molecule has 18 heavy (non-hydrogen) atoms. The Labute approximate surface area is 109 Å². The quantitative estimate of drug-likeness (QED) is 0.929. The van der Waals surface area contributed by atoms with Crippen molar-refractivity contribution in [2.45, 2.75) is 19.9 Å². The van der Waals surface area contributed by atoms with Crippen LogP contribution in [0, 0.1) is 11.7 Å². The molecule has 0 radical (unpaired) electrons. The average Bonchev–Trinajstić information content (AvgIpc) is 2.81. The highest BCUT2D eigenvalue weighted by molar-refractivity contribution is 6.31. The first-order valence-electron chi connectivity index (χ1n) is 5.53. The standard InChI is InChI=1S/C12H13ClFN3O/c1-6(2)10(15)11-16-12(18-17-11)7-3-4-9(14)8(13)5-7/h3-6,10H,15H2,1-2H3. The minimum absolute atomic E-state index is 0.0143. The Morgan fingerprint density at radius 1 is 1.39 bits per heavy atom. The highest BCUT2D eigenvalue weighted by atomic mass is 35.5. The molecular formula is C12H13ClFN3O. The van der Waals surface area contributed by atoms with Gasteiger partial charge in [-0.05, 0) is 24.1 Å². The second-order valence-electron chi connectivity index (χ2n) is 4.36. The van der Waals surface area contributed by atoms with Gasteiger partial charge in [0, 0.05) is 5.56 Å². The predicted molar refractivity (Wildman–Crippen MR) is 66.5 cm³/mol. The third kappa shape index (κ3) is 2.52. The summed E-state index contributed by atoms with van der Waals surface area (Å²) in [6.45, 7) is 3.94. The molecule has 0 fully saturated rings. The fraction of sp³-hybridized carbons (Fsp3) is 0.333. The third-order valence-corrected chi connectivity index (χ3v) is 2.91. The number of halogens is 2. The van der Waals surface area contributed by atoms with E-state index < -0.39 is 5.82 Å². The zero-order valence-electron chi connectivity index (χ0n) is 10.0. The van der Waals surface area contributed by atoms with Crippen LogP contribution >= 0.6 is 11.6 Å². The Hall–Kier alpha value is -1.46. The van der Waals surface area contributed by atoms with Crippen molar-refractivity contribution >= 4 is 11.6 Å². The molecule has 0 aliphatic carbocycles. The van der Waals surface area contributed by atoms with E-state index >= 15 is 0 Å². The summed E-state index contributed by atoms with van der Waals surface area (Å²) < 4.78 is 18.1. The highest BCUT2D eigenvalue weighted by Crippen LogP contribution is 2.25. The van der Waals surface area contributed by atoms with Gasteiger partial charge < -0.3 is 10.3 Å². The van der Waals surface area contributed by atoms with Crippen LogP contribution in [0.4, 0.5) is 4.39 Å². The van der Waals surface area contributed by atoms with Crippen molar-refractivity contribution in [2.75, 3.05) is 0 Å². The van der Waals surface area contributed by atoms with Crippen LogP contribution in [0.1, 0.15) is 25.7 Å². The number of aromatic nitrogens is 2. The molecule has 2 N–H and O–H groups in total. The molecule has 4 nitrogen and oxygen atoms in total. The molecule has 0 spiro atoms. The molecule has 0 aliphatic heterocycles. The van der Waals surface area contributed by atoms with E-state index in [1.165, 1.54) is 18.2 Å². The largest absolute Gasteiger partial charge is 0.334 e. The molecule has 0 saturated heterocycles. The smallest absolute Gasteiger partial charge is 0.258 e. The second-order valence-corrected chi connectivity index (χ2v) is 4.76. The number of hydrogen-bond acceptors (Lipinski definition) is 4. The summed E-state index contributed by atoms with van der Waals surface area (Å²) in [7, 11) is 0. The predicted octanol–water partition coefficient (Wildman–Crippen LogP) is 3.18. The number of nitrogens with two attached hydrogens (primary N) is 1. The maximum atomic E-state index is 13.0. The third-order valence-electron chi connectivity index (χ3n) is 2.62. The summed E-state index contributed by atoms with van der Waals surface area (Å²) in [5.74, 6) is 0.426. The second kappa shape index (κ2) is 5.04. The lowest BCUT2D eigenvalue weighted by atomic mass is 10.1. The fourth-order valence-electron chi connectivity index (χ4n) is 1.41. The van der Waals surface area contributed by atoms with Crippen LogP contribution in [0.15, 0.2) is 22.7 Å². The van der Waals surface area contributed by atoms with Crippen molar-refractivity contribution in [3.8, 4) is 11.5 Å². The SMILES string of the molecule is CC(C)C(N)c1noc(-c2ccc(F)c(Cl)c2)n1. The number of hydrogen-bond donors (Lipinski definition) is 1. The van der Waals surface area contributed by atoms with Gasteiger partial charge >= 0.3 is 0 Å². The topological polar surface area (TPSA) is 64.9 Å². The number of rotatable bonds is 3. The molecule has 6 heteroatoms. The minimum atomic E-state index is -0.487. The van der Waals surface area contributed by atoms with Gasteiger partial charge in [0.15, 0.2) is 5.82 Å². The van der Waals surface area contributed by atoms with E-state index in [0.29, 0.717) is 11.4 Å². The average molecular weight is 270 g/mol. The van der Waals surface area contributed by atoms with Gasteiger partial charge in [0.1, 0.15) is 5.82 Å². The molecule has 1 aromatic heterocycles. The first-order valence-corrected chi connectivity index (χ1v) is 5.91. The maximum Gasteiger partial charge on any atom is 0.258 e. The summed E-state index contributed by atoms with van der Waals surface area (Å²) in [6, 6.07) is 3.93. The number of benzene rings is 1. The van der Waals surface area contributed by atoms with Gasteiger partial charge in [-0.25, -0.2) is 4.39 Å². The van der Waals surface area contributed by atoms with Crippen molar-refractivity contribution in [2.24, 2.45) is 11.7 Å². The molecule has 2 aromatic rings. The summed E-state index contributed by atoms with van der Waals surface area (Å²) >= 11 is 5.69. The van der Waals surface area contributed by atoms with Crippen LogP contribution in [0.5, 0.6) is 0 Å². The van der Waals surface area contributed by atoms with Crippen molar-refractivity contribution in [3.63, 3.8) is 0 Å². The zero-order valence-corrected chi connectivity index (χ0v) is 10.8. The Morgan fingerprint density at radius 2 is 2.11 bits per heavy atom. The van der Waals surface area contributed by atoms with Crippen LogP contribution < -0.4 is 5.73 Å².